The minimum absolute atomic E-state index is 0.655. The molecule has 2 unspecified atom stereocenters. The van der Waals surface area contributed by atoms with Crippen LogP contribution in [0.25, 0.3) is 0 Å². The quantitative estimate of drug-likeness (QED) is 0.668. The molecular formula is C15H34N2. The first kappa shape index (κ1) is 16.9. The van der Waals surface area contributed by atoms with Crippen molar-refractivity contribution in [1.82, 2.24) is 10.2 Å². The van der Waals surface area contributed by atoms with E-state index in [4.69, 9.17) is 0 Å². The summed E-state index contributed by atoms with van der Waals surface area (Å²) in [6, 6.07) is 0.655. The van der Waals surface area contributed by atoms with Crippen LogP contribution in [-0.2, 0) is 0 Å². The fourth-order valence-electron chi connectivity index (χ4n) is 2.18. The van der Waals surface area contributed by atoms with E-state index in [9.17, 15) is 0 Å². The van der Waals surface area contributed by atoms with E-state index in [0.29, 0.717) is 12.0 Å². The maximum Gasteiger partial charge on any atom is 0.0240 e. The molecule has 2 nitrogen and oxygen atoms in total. The fourth-order valence-corrected chi connectivity index (χ4v) is 2.18. The van der Waals surface area contributed by atoms with Crippen molar-refractivity contribution in [2.24, 2.45) is 17.8 Å². The van der Waals surface area contributed by atoms with Crippen molar-refractivity contribution in [2.75, 3.05) is 26.7 Å². The fraction of sp³-hybridized carbons (Fsp3) is 1.00. The summed E-state index contributed by atoms with van der Waals surface area (Å²) < 4.78 is 0. The Labute approximate surface area is 109 Å². The Hall–Kier alpha value is -0.0800. The van der Waals surface area contributed by atoms with E-state index in [1.54, 1.807) is 0 Å². The van der Waals surface area contributed by atoms with Gasteiger partial charge < -0.3 is 10.2 Å². The molecule has 0 aliphatic rings. The molecule has 2 heteroatoms. The lowest BCUT2D eigenvalue weighted by atomic mass is 10.0. The molecule has 0 rings (SSSR count). The van der Waals surface area contributed by atoms with Gasteiger partial charge in [-0.3, -0.25) is 0 Å². The van der Waals surface area contributed by atoms with Gasteiger partial charge in [-0.05, 0) is 31.3 Å². The van der Waals surface area contributed by atoms with Crippen LogP contribution in [0.4, 0.5) is 0 Å². The van der Waals surface area contributed by atoms with E-state index in [0.717, 1.165) is 24.9 Å². The average molecular weight is 242 g/mol. The van der Waals surface area contributed by atoms with Gasteiger partial charge in [-0.15, -0.1) is 0 Å². The van der Waals surface area contributed by atoms with Crippen molar-refractivity contribution in [3.05, 3.63) is 0 Å². The van der Waals surface area contributed by atoms with E-state index in [1.165, 1.54) is 13.0 Å². The Morgan fingerprint density at radius 2 is 1.59 bits per heavy atom. The topological polar surface area (TPSA) is 15.3 Å². The smallest absolute Gasteiger partial charge is 0.0240 e. The number of hydrogen-bond acceptors (Lipinski definition) is 2. The average Bonchev–Trinajstić information content (AvgIpc) is 2.22. The summed E-state index contributed by atoms with van der Waals surface area (Å²) in [6.07, 6.45) is 1.27. The molecule has 17 heavy (non-hydrogen) atoms. The molecule has 0 aliphatic carbocycles. The van der Waals surface area contributed by atoms with E-state index >= 15 is 0 Å². The molecule has 0 bridgehead atoms. The van der Waals surface area contributed by atoms with Gasteiger partial charge in [-0.2, -0.15) is 0 Å². The van der Waals surface area contributed by atoms with Crippen molar-refractivity contribution in [2.45, 2.75) is 54.0 Å². The standard InChI is InChI=1S/C15H34N2/c1-8-14(6)11-17(7)15(13(4)5)10-16-9-12(2)3/h12-16H,8-11H2,1-7H3. The Bertz CT molecular complexity index is 178. The summed E-state index contributed by atoms with van der Waals surface area (Å²) in [7, 11) is 2.27. The Kier molecular flexibility index (Phi) is 8.89. The van der Waals surface area contributed by atoms with Gasteiger partial charge in [0.2, 0.25) is 0 Å². The largest absolute Gasteiger partial charge is 0.315 e. The molecule has 104 valence electrons. The van der Waals surface area contributed by atoms with Gasteiger partial charge in [0, 0.05) is 19.1 Å². The molecular weight excluding hydrogens is 208 g/mol. The van der Waals surface area contributed by atoms with Gasteiger partial charge in [-0.25, -0.2) is 0 Å². The van der Waals surface area contributed by atoms with Crippen LogP contribution in [0, 0.1) is 17.8 Å². The number of hydrogen-bond donors (Lipinski definition) is 1. The van der Waals surface area contributed by atoms with Crippen LogP contribution in [0.15, 0.2) is 0 Å². The minimum Gasteiger partial charge on any atom is -0.315 e. The van der Waals surface area contributed by atoms with Gasteiger partial charge in [0.05, 0.1) is 0 Å². The van der Waals surface area contributed by atoms with Gasteiger partial charge in [0.15, 0.2) is 0 Å². The van der Waals surface area contributed by atoms with Crippen LogP contribution < -0.4 is 5.32 Å². The van der Waals surface area contributed by atoms with Crippen molar-refractivity contribution in [3.8, 4) is 0 Å². The lowest BCUT2D eigenvalue weighted by Gasteiger charge is -2.33. The molecule has 0 aromatic rings. The van der Waals surface area contributed by atoms with Gasteiger partial charge in [-0.1, -0.05) is 48.0 Å². The van der Waals surface area contributed by atoms with Crippen LogP contribution in [0.3, 0.4) is 0 Å². The van der Waals surface area contributed by atoms with Crippen molar-refractivity contribution >= 4 is 0 Å². The molecule has 2 atom stereocenters. The van der Waals surface area contributed by atoms with Crippen LogP contribution >= 0.6 is 0 Å². The minimum atomic E-state index is 0.655. The third kappa shape index (κ3) is 7.77. The van der Waals surface area contributed by atoms with Crippen molar-refractivity contribution in [1.29, 1.82) is 0 Å². The highest BCUT2D eigenvalue weighted by molar-refractivity contribution is 4.76. The molecule has 0 amide bonds. The zero-order valence-electron chi connectivity index (χ0n) is 13.1. The summed E-state index contributed by atoms with van der Waals surface area (Å²) in [5, 5.41) is 3.60. The molecule has 0 heterocycles. The maximum absolute atomic E-state index is 3.60. The second kappa shape index (κ2) is 8.93. The summed E-state index contributed by atoms with van der Waals surface area (Å²) >= 11 is 0. The number of nitrogens with one attached hydrogen (secondary N) is 1. The van der Waals surface area contributed by atoms with E-state index in [2.05, 4.69) is 58.8 Å². The van der Waals surface area contributed by atoms with Crippen molar-refractivity contribution in [3.63, 3.8) is 0 Å². The second-order valence-corrected chi connectivity index (χ2v) is 6.32. The molecule has 0 aliphatic heterocycles. The van der Waals surface area contributed by atoms with Gasteiger partial charge in [0.25, 0.3) is 0 Å². The monoisotopic (exact) mass is 242 g/mol. The molecule has 1 N–H and O–H groups in total. The van der Waals surface area contributed by atoms with E-state index < -0.39 is 0 Å². The highest BCUT2D eigenvalue weighted by Crippen LogP contribution is 2.12. The lowest BCUT2D eigenvalue weighted by molar-refractivity contribution is 0.163. The number of likely N-dealkylation sites (N-methyl/N-ethyl adjacent to an activating group) is 1. The first-order valence-corrected chi connectivity index (χ1v) is 7.29. The molecule has 0 aromatic heterocycles. The SMILES string of the molecule is CCC(C)CN(C)C(CNCC(C)C)C(C)C. The Morgan fingerprint density at radius 3 is 2.00 bits per heavy atom. The summed E-state index contributed by atoms with van der Waals surface area (Å²) in [6.45, 7) is 17.3. The summed E-state index contributed by atoms with van der Waals surface area (Å²) in [5.74, 6) is 2.25. The molecule has 0 aromatic carbocycles. The van der Waals surface area contributed by atoms with Gasteiger partial charge >= 0.3 is 0 Å². The predicted molar refractivity (Wildman–Crippen MR) is 78.4 cm³/mol. The number of rotatable bonds is 9. The third-order valence-electron chi connectivity index (χ3n) is 3.54. The van der Waals surface area contributed by atoms with E-state index in [-0.39, 0.29) is 0 Å². The predicted octanol–water partition coefficient (Wildman–Crippen LogP) is 3.23. The van der Waals surface area contributed by atoms with Crippen LogP contribution in [0.2, 0.25) is 0 Å². The molecule has 0 fully saturated rings. The highest BCUT2D eigenvalue weighted by atomic mass is 15.2. The first-order valence-electron chi connectivity index (χ1n) is 7.29. The van der Waals surface area contributed by atoms with Gasteiger partial charge in [0.1, 0.15) is 0 Å². The van der Waals surface area contributed by atoms with Crippen LogP contribution in [0.1, 0.15) is 48.0 Å². The molecule has 0 saturated heterocycles. The Balaban J connectivity index is 4.12. The third-order valence-corrected chi connectivity index (χ3v) is 3.54. The molecule has 0 saturated carbocycles. The zero-order valence-corrected chi connectivity index (χ0v) is 13.1. The molecule has 0 radical (unpaired) electrons. The maximum atomic E-state index is 3.60. The lowest BCUT2D eigenvalue weighted by Crippen LogP contribution is -2.45. The highest BCUT2D eigenvalue weighted by Gasteiger charge is 2.19. The van der Waals surface area contributed by atoms with Crippen LogP contribution in [-0.4, -0.2) is 37.6 Å². The van der Waals surface area contributed by atoms with Crippen LogP contribution in [0.5, 0.6) is 0 Å². The first-order chi connectivity index (χ1) is 7.88. The Morgan fingerprint density at radius 1 is 1.00 bits per heavy atom. The summed E-state index contributed by atoms with van der Waals surface area (Å²) in [5.41, 5.74) is 0. The molecule has 0 spiro atoms. The normalized spacial score (nSPS) is 15.9. The summed E-state index contributed by atoms with van der Waals surface area (Å²) in [4.78, 5) is 2.53. The zero-order chi connectivity index (χ0) is 13.4. The second-order valence-electron chi connectivity index (χ2n) is 6.32. The number of nitrogens with zero attached hydrogens (tertiary/aromatic N) is 1. The van der Waals surface area contributed by atoms with Crippen molar-refractivity contribution < 1.29 is 0 Å². The van der Waals surface area contributed by atoms with E-state index in [1.807, 2.05) is 0 Å².